The minimum Gasteiger partial charge on any atom is -0.462 e. The molecule has 0 spiro atoms. The van der Waals surface area contributed by atoms with E-state index in [1.54, 1.807) is 18.4 Å². The van der Waals surface area contributed by atoms with Crippen LogP contribution in [0.3, 0.4) is 0 Å². The number of hydrogen-bond donors (Lipinski definition) is 0. The van der Waals surface area contributed by atoms with Gasteiger partial charge in [-0.3, -0.25) is 14.9 Å². The van der Waals surface area contributed by atoms with E-state index in [-0.39, 0.29) is 18.0 Å². The highest BCUT2D eigenvalue weighted by atomic mass is 32.1. The number of thiazole rings is 1. The Morgan fingerprint density at radius 3 is 2.57 bits per heavy atom. The number of nitro groups is 1. The quantitative estimate of drug-likeness (QED) is 0.484. The fourth-order valence-corrected chi connectivity index (χ4v) is 3.95. The monoisotopic (exact) mass is 398 g/mol. The van der Waals surface area contributed by atoms with Gasteiger partial charge >= 0.3 is 0 Å². The highest BCUT2D eigenvalue weighted by molar-refractivity contribution is 7.13. The third-order valence-corrected chi connectivity index (χ3v) is 5.58. The number of nitro benzene ring substituents is 1. The lowest BCUT2D eigenvalue weighted by molar-refractivity contribution is -0.384. The molecule has 9 heteroatoms. The van der Waals surface area contributed by atoms with Crippen LogP contribution in [0.1, 0.15) is 5.69 Å². The van der Waals surface area contributed by atoms with Crippen LogP contribution in [0.4, 0.5) is 11.4 Å². The van der Waals surface area contributed by atoms with E-state index >= 15 is 0 Å². The van der Waals surface area contributed by atoms with Crippen molar-refractivity contribution in [1.82, 2.24) is 9.88 Å². The fraction of sp³-hybridized carbons (Fsp3) is 0.263. The second kappa shape index (κ2) is 7.81. The van der Waals surface area contributed by atoms with E-state index in [0.29, 0.717) is 31.9 Å². The number of rotatable bonds is 5. The van der Waals surface area contributed by atoms with Crippen LogP contribution in [0.25, 0.3) is 10.8 Å². The lowest BCUT2D eigenvalue weighted by atomic mass is 10.2. The zero-order valence-corrected chi connectivity index (χ0v) is 15.8. The normalized spacial score (nSPS) is 14.3. The Bertz CT molecular complexity index is 960. The van der Waals surface area contributed by atoms with Gasteiger partial charge in [0.1, 0.15) is 0 Å². The highest BCUT2D eigenvalue weighted by Gasteiger charge is 2.22. The first-order valence-electron chi connectivity index (χ1n) is 8.85. The SMILES string of the molecule is O=C(Cc1csc(-c2ccco2)n1)N1CCN(c2ccc([N+](=O)[O-])cc2)CC1. The van der Waals surface area contributed by atoms with E-state index in [1.807, 2.05) is 22.4 Å². The zero-order chi connectivity index (χ0) is 19.5. The van der Waals surface area contributed by atoms with Crippen molar-refractivity contribution in [1.29, 1.82) is 0 Å². The second-order valence-corrected chi connectivity index (χ2v) is 7.30. The summed E-state index contributed by atoms with van der Waals surface area (Å²) in [5.41, 5.74) is 1.76. The summed E-state index contributed by atoms with van der Waals surface area (Å²) in [7, 11) is 0. The maximum Gasteiger partial charge on any atom is 0.269 e. The summed E-state index contributed by atoms with van der Waals surface area (Å²) in [6.45, 7) is 2.62. The van der Waals surface area contributed by atoms with Crippen molar-refractivity contribution < 1.29 is 14.1 Å². The van der Waals surface area contributed by atoms with E-state index < -0.39 is 4.92 Å². The molecular weight excluding hydrogens is 380 g/mol. The minimum atomic E-state index is -0.407. The first kappa shape index (κ1) is 18.2. The third-order valence-electron chi connectivity index (χ3n) is 4.67. The van der Waals surface area contributed by atoms with Crippen molar-refractivity contribution in [3.8, 4) is 10.8 Å². The Hall–Kier alpha value is -3.20. The number of nitrogens with zero attached hydrogens (tertiary/aromatic N) is 4. The van der Waals surface area contributed by atoms with E-state index in [4.69, 9.17) is 4.42 Å². The van der Waals surface area contributed by atoms with Gasteiger partial charge in [0.05, 0.1) is 23.3 Å². The van der Waals surface area contributed by atoms with Crippen LogP contribution in [-0.2, 0) is 11.2 Å². The Morgan fingerprint density at radius 2 is 1.93 bits per heavy atom. The first-order valence-corrected chi connectivity index (χ1v) is 9.73. The van der Waals surface area contributed by atoms with E-state index in [2.05, 4.69) is 9.88 Å². The number of aromatic nitrogens is 1. The topological polar surface area (TPSA) is 92.7 Å². The van der Waals surface area contributed by atoms with E-state index in [9.17, 15) is 14.9 Å². The largest absolute Gasteiger partial charge is 0.462 e. The molecule has 1 aromatic carbocycles. The van der Waals surface area contributed by atoms with Crippen molar-refractivity contribution in [2.24, 2.45) is 0 Å². The summed E-state index contributed by atoms with van der Waals surface area (Å²) >= 11 is 1.46. The number of piperazine rings is 1. The van der Waals surface area contributed by atoms with E-state index in [1.165, 1.54) is 23.5 Å². The second-order valence-electron chi connectivity index (χ2n) is 6.44. The van der Waals surface area contributed by atoms with Crippen molar-refractivity contribution in [3.63, 3.8) is 0 Å². The number of non-ortho nitro benzene ring substituents is 1. The molecule has 3 heterocycles. The van der Waals surface area contributed by atoms with Crippen LogP contribution in [-0.4, -0.2) is 46.9 Å². The summed E-state index contributed by atoms with van der Waals surface area (Å²) in [6.07, 6.45) is 1.88. The predicted molar refractivity (Wildman–Crippen MR) is 105 cm³/mol. The molecule has 1 amide bonds. The Labute approximate surface area is 165 Å². The molecule has 144 valence electrons. The number of anilines is 1. The summed E-state index contributed by atoms with van der Waals surface area (Å²) in [5.74, 6) is 0.764. The molecule has 4 rings (SSSR count). The Kier molecular flexibility index (Phi) is 5.07. The van der Waals surface area contributed by atoms with Gasteiger partial charge in [0.15, 0.2) is 10.8 Å². The van der Waals surface area contributed by atoms with Crippen molar-refractivity contribution in [2.45, 2.75) is 6.42 Å². The molecule has 0 bridgehead atoms. The molecule has 1 aliphatic heterocycles. The fourth-order valence-electron chi connectivity index (χ4n) is 3.17. The lowest BCUT2D eigenvalue weighted by Gasteiger charge is -2.36. The average molecular weight is 398 g/mol. The Morgan fingerprint density at radius 1 is 1.18 bits per heavy atom. The van der Waals surface area contributed by atoms with Gasteiger partial charge in [0.25, 0.3) is 5.69 Å². The molecule has 0 saturated carbocycles. The molecule has 8 nitrogen and oxygen atoms in total. The number of amides is 1. The molecule has 0 aliphatic carbocycles. The van der Waals surface area contributed by atoms with Gasteiger partial charge in [0, 0.05) is 49.4 Å². The Balaban J connectivity index is 1.32. The molecule has 0 radical (unpaired) electrons. The maximum absolute atomic E-state index is 12.6. The average Bonchev–Trinajstić information content (AvgIpc) is 3.40. The van der Waals surface area contributed by atoms with Crippen LogP contribution >= 0.6 is 11.3 Å². The number of carbonyl (C=O) groups excluding carboxylic acids is 1. The summed E-state index contributed by atoms with van der Waals surface area (Å²) in [4.78, 5) is 31.4. The van der Waals surface area contributed by atoms with Gasteiger partial charge < -0.3 is 14.2 Å². The molecule has 0 atom stereocenters. The van der Waals surface area contributed by atoms with Crippen molar-refractivity contribution >= 4 is 28.6 Å². The van der Waals surface area contributed by atoms with Crippen LogP contribution < -0.4 is 4.90 Å². The smallest absolute Gasteiger partial charge is 0.269 e. The van der Waals surface area contributed by atoms with Crippen LogP contribution in [0.15, 0.2) is 52.5 Å². The van der Waals surface area contributed by atoms with E-state index in [0.717, 1.165) is 16.4 Å². The summed E-state index contributed by atoms with van der Waals surface area (Å²) < 4.78 is 5.34. The standard InChI is InChI=1S/C19H18N4O4S/c24-18(12-14-13-28-19(20-14)17-2-1-11-27-17)22-9-7-21(8-10-22)15-3-5-16(6-4-15)23(25)26/h1-6,11,13H,7-10,12H2. The van der Waals surface area contributed by atoms with Crippen molar-refractivity contribution in [2.75, 3.05) is 31.1 Å². The predicted octanol–water partition coefficient (Wildman–Crippen LogP) is 3.20. The summed E-state index contributed by atoms with van der Waals surface area (Å²) in [5, 5.41) is 13.4. The lowest BCUT2D eigenvalue weighted by Crippen LogP contribution is -2.49. The molecule has 1 saturated heterocycles. The van der Waals surface area contributed by atoms with Gasteiger partial charge in [0.2, 0.25) is 5.91 Å². The summed E-state index contributed by atoms with van der Waals surface area (Å²) in [6, 6.07) is 10.2. The number of hydrogen-bond acceptors (Lipinski definition) is 7. The highest BCUT2D eigenvalue weighted by Crippen LogP contribution is 2.25. The molecule has 1 fully saturated rings. The number of carbonyl (C=O) groups is 1. The molecular formula is C19H18N4O4S. The molecule has 3 aromatic rings. The van der Waals surface area contributed by atoms with Crippen LogP contribution in [0, 0.1) is 10.1 Å². The van der Waals surface area contributed by atoms with Crippen molar-refractivity contribution in [3.05, 3.63) is 63.8 Å². The van der Waals surface area contributed by atoms with Crippen LogP contribution in [0.5, 0.6) is 0 Å². The third kappa shape index (κ3) is 3.89. The molecule has 0 N–H and O–H groups in total. The van der Waals surface area contributed by atoms with Gasteiger partial charge in [-0.15, -0.1) is 11.3 Å². The minimum absolute atomic E-state index is 0.0552. The first-order chi connectivity index (χ1) is 13.6. The number of furan rings is 1. The molecule has 1 aliphatic rings. The van der Waals surface area contributed by atoms with Gasteiger partial charge in [-0.1, -0.05) is 0 Å². The maximum atomic E-state index is 12.6. The molecule has 0 unspecified atom stereocenters. The zero-order valence-electron chi connectivity index (χ0n) is 15.0. The molecule has 28 heavy (non-hydrogen) atoms. The van der Waals surface area contributed by atoms with Gasteiger partial charge in [-0.25, -0.2) is 4.98 Å². The molecule has 2 aromatic heterocycles. The number of benzene rings is 1. The van der Waals surface area contributed by atoms with Gasteiger partial charge in [-0.05, 0) is 24.3 Å². The van der Waals surface area contributed by atoms with Crippen LogP contribution in [0.2, 0.25) is 0 Å². The van der Waals surface area contributed by atoms with Gasteiger partial charge in [-0.2, -0.15) is 0 Å².